The smallest absolute Gasteiger partial charge is 0.335 e. The van der Waals surface area contributed by atoms with Crippen molar-refractivity contribution in [3.63, 3.8) is 0 Å². The molecule has 1 N–H and O–H groups in total. The first-order valence-electron chi connectivity index (χ1n) is 6.09. The van der Waals surface area contributed by atoms with Gasteiger partial charge in [-0.05, 0) is 18.6 Å². The summed E-state index contributed by atoms with van der Waals surface area (Å²) < 4.78 is 1.62. The van der Waals surface area contributed by atoms with E-state index in [-0.39, 0.29) is 11.3 Å². The SMILES string of the molecule is CCCc1nccn1-c1ccc(C(=O)O)cc1[N+](=O)[O-]. The molecule has 7 nitrogen and oxygen atoms in total. The molecule has 104 valence electrons. The van der Waals surface area contributed by atoms with Crippen LogP contribution in [0.5, 0.6) is 0 Å². The van der Waals surface area contributed by atoms with E-state index in [1.54, 1.807) is 17.0 Å². The lowest BCUT2D eigenvalue weighted by Crippen LogP contribution is -2.06. The monoisotopic (exact) mass is 275 g/mol. The van der Waals surface area contributed by atoms with Gasteiger partial charge in [0.1, 0.15) is 11.5 Å². The predicted molar refractivity (Wildman–Crippen MR) is 71.2 cm³/mol. The minimum absolute atomic E-state index is 0.113. The van der Waals surface area contributed by atoms with E-state index in [2.05, 4.69) is 4.98 Å². The lowest BCUT2D eigenvalue weighted by molar-refractivity contribution is -0.384. The first-order valence-corrected chi connectivity index (χ1v) is 6.09. The third-order valence-electron chi connectivity index (χ3n) is 2.87. The Kier molecular flexibility index (Phi) is 3.79. The topological polar surface area (TPSA) is 98.3 Å². The van der Waals surface area contributed by atoms with Crippen LogP contribution >= 0.6 is 0 Å². The number of benzene rings is 1. The van der Waals surface area contributed by atoms with Crippen molar-refractivity contribution < 1.29 is 14.8 Å². The van der Waals surface area contributed by atoms with Gasteiger partial charge in [0.05, 0.1) is 10.5 Å². The summed E-state index contributed by atoms with van der Waals surface area (Å²) in [4.78, 5) is 25.6. The molecule has 0 saturated carbocycles. The zero-order valence-corrected chi connectivity index (χ0v) is 10.8. The van der Waals surface area contributed by atoms with Gasteiger partial charge in [0.2, 0.25) is 0 Å². The summed E-state index contributed by atoms with van der Waals surface area (Å²) in [6.07, 6.45) is 4.75. The van der Waals surface area contributed by atoms with Crippen molar-refractivity contribution in [2.45, 2.75) is 19.8 Å². The van der Waals surface area contributed by atoms with E-state index in [9.17, 15) is 14.9 Å². The number of carboxylic acids is 1. The van der Waals surface area contributed by atoms with Crippen LogP contribution in [0.2, 0.25) is 0 Å². The van der Waals surface area contributed by atoms with E-state index < -0.39 is 10.9 Å². The highest BCUT2D eigenvalue weighted by Gasteiger charge is 2.20. The van der Waals surface area contributed by atoms with Crippen molar-refractivity contribution in [2.24, 2.45) is 0 Å². The number of rotatable bonds is 5. The zero-order valence-electron chi connectivity index (χ0n) is 10.8. The molecule has 1 heterocycles. The van der Waals surface area contributed by atoms with Crippen LogP contribution in [0, 0.1) is 10.1 Å². The van der Waals surface area contributed by atoms with Gasteiger partial charge >= 0.3 is 5.97 Å². The van der Waals surface area contributed by atoms with Crippen molar-refractivity contribution in [3.05, 3.63) is 52.1 Å². The maximum Gasteiger partial charge on any atom is 0.335 e. The molecule has 0 fully saturated rings. The Balaban J connectivity index is 2.58. The number of nitrogens with zero attached hydrogens (tertiary/aromatic N) is 3. The Labute approximate surface area is 114 Å². The minimum Gasteiger partial charge on any atom is -0.478 e. The molecule has 0 radical (unpaired) electrons. The Hall–Kier alpha value is -2.70. The fourth-order valence-corrected chi connectivity index (χ4v) is 1.97. The maximum absolute atomic E-state index is 11.1. The van der Waals surface area contributed by atoms with Gasteiger partial charge in [-0.1, -0.05) is 6.92 Å². The molecular formula is C13H13N3O4. The predicted octanol–water partition coefficient (Wildman–Crippen LogP) is 2.43. The van der Waals surface area contributed by atoms with Crippen LogP contribution in [0.3, 0.4) is 0 Å². The molecule has 0 unspecified atom stereocenters. The summed E-state index contributed by atoms with van der Waals surface area (Å²) in [7, 11) is 0. The van der Waals surface area contributed by atoms with Crippen LogP contribution in [-0.4, -0.2) is 25.6 Å². The molecule has 0 amide bonds. The van der Waals surface area contributed by atoms with Gasteiger partial charge in [-0.15, -0.1) is 0 Å². The summed E-state index contributed by atoms with van der Waals surface area (Å²) in [6.45, 7) is 1.99. The average molecular weight is 275 g/mol. The van der Waals surface area contributed by atoms with Gasteiger partial charge < -0.3 is 5.11 Å². The number of carbonyl (C=O) groups is 1. The molecule has 2 rings (SSSR count). The van der Waals surface area contributed by atoms with Crippen molar-refractivity contribution >= 4 is 11.7 Å². The molecule has 0 aliphatic rings. The van der Waals surface area contributed by atoms with Crippen LogP contribution in [-0.2, 0) is 6.42 Å². The molecular weight excluding hydrogens is 262 g/mol. The zero-order chi connectivity index (χ0) is 14.7. The summed E-state index contributed by atoms with van der Waals surface area (Å²) in [5.74, 6) is -0.488. The van der Waals surface area contributed by atoms with Crippen molar-refractivity contribution in [3.8, 4) is 5.69 Å². The summed E-state index contributed by atoms with van der Waals surface area (Å²) in [5.41, 5.74) is -0.0428. The fourth-order valence-electron chi connectivity index (χ4n) is 1.97. The summed E-state index contributed by atoms with van der Waals surface area (Å²) >= 11 is 0. The van der Waals surface area contributed by atoms with Gasteiger partial charge in [-0.25, -0.2) is 9.78 Å². The van der Waals surface area contributed by atoms with Gasteiger partial charge in [-0.2, -0.15) is 0 Å². The van der Waals surface area contributed by atoms with Crippen molar-refractivity contribution in [2.75, 3.05) is 0 Å². The van der Waals surface area contributed by atoms with Crippen LogP contribution in [0.15, 0.2) is 30.6 Å². The van der Waals surface area contributed by atoms with E-state index in [1.165, 1.54) is 12.1 Å². The molecule has 0 atom stereocenters. The van der Waals surface area contributed by atoms with Gasteiger partial charge in [0.25, 0.3) is 5.69 Å². The quantitative estimate of drug-likeness (QED) is 0.667. The number of imidazole rings is 1. The summed E-state index contributed by atoms with van der Waals surface area (Å²) in [5, 5.41) is 20.0. The second kappa shape index (κ2) is 5.52. The number of aryl methyl sites for hydroxylation is 1. The fraction of sp³-hybridized carbons (Fsp3) is 0.231. The van der Waals surface area contributed by atoms with Crippen molar-refractivity contribution in [1.82, 2.24) is 9.55 Å². The van der Waals surface area contributed by atoms with E-state index in [0.29, 0.717) is 17.9 Å². The van der Waals surface area contributed by atoms with Gasteiger partial charge in [0, 0.05) is 24.9 Å². The number of aromatic carboxylic acids is 1. The molecule has 2 aromatic rings. The van der Waals surface area contributed by atoms with Crippen LogP contribution in [0.25, 0.3) is 5.69 Å². The van der Waals surface area contributed by atoms with Crippen molar-refractivity contribution in [1.29, 1.82) is 0 Å². The standard InChI is InChI=1S/C13H13N3O4/c1-2-3-12-14-6-7-15(12)10-5-4-9(13(17)18)8-11(10)16(19)20/h4-8H,2-3H2,1H3,(H,17,18). The Morgan fingerprint density at radius 2 is 2.25 bits per heavy atom. The number of carboxylic acid groups (broad SMARTS) is 1. The molecule has 1 aromatic heterocycles. The number of hydrogen-bond acceptors (Lipinski definition) is 4. The first kappa shape index (κ1) is 13.7. The highest BCUT2D eigenvalue weighted by Crippen LogP contribution is 2.25. The molecule has 0 saturated heterocycles. The minimum atomic E-state index is -1.20. The highest BCUT2D eigenvalue weighted by atomic mass is 16.6. The maximum atomic E-state index is 11.1. The van der Waals surface area contributed by atoms with E-state index in [1.807, 2.05) is 6.92 Å². The van der Waals surface area contributed by atoms with E-state index in [0.717, 1.165) is 12.5 Å². The third kappa shape index (κ3) is 2.51. The Morgan fingerprint density at radius 3 is 2.85 bits per heavy atom. The lowest BCUT2D eigenvalue weighted by Gasteiger charge is -2.08. The van der Waals surface area contributed by atoms with Gasteiger partial charge in [0.15, 0.2) is 0 Å². The number of aromatic nitrogens is 2. The Bertz CT molecular complexity index is 663. The highest BCUT2D eigenvalue weighted by molar-refractivity contribution is 5.89. The molecule has 0 aliphatic heterocycles. The molecule has 1 aromatic carbocycles. The Morgan fingerprint density at radius 1 is 1.50 bits per heavy atom. The molecule has 0 bridgehead atoms. The van der Waals surface area contributed by atoms with Gasteiger partial charge in [-0.3, -0.25) is 14.7 Å². The molecule has 0 spiro atoms. The normalized spacial score (nSPS) is 10.4. The van der Waals surface area contributed by atoms with Crippen LogP contribution in [0.4, 0.5) is 5.69 Å². The van der Waals surface area contributed by atoms with E-state index in [4.69, 9.17) is 5.11 Å². The number of hydrogen-bond donors (Lipinski definition) is 1. The first-order chi connectivity index (χ1) is 9.54. The average Bonchev–Trinajstić information content (AvgIpc) is 2.86. The van der Waals surface area contributed by atoms with Crippen LogP contribution < -0.4 is 0 Å². The van der Waals surface area contributed by atoms with Crippen LogP contribution in [0.1, 0.15) is 29.5 Å². The lowest BCUT2D eigenvalue weighted by atomic mass is 10.1. The molecule has 7 heteroatoms. The third-order valence-corrected chi connectivity index (χ3v) is 2.87. The molecule has 0 aliphatic carbocycles. The number of nitro benzene ring substituents is 1. The molecule has 20 heavy (non-hydrogen) atoms. The number of nitro groups is 1. The van der Waals surface area contributed by atoms with E-state index >= 15 is 0 Å². The summed E-state index contributed by atoms with van der Waals surface area (Å²) in [6, 6.07) is 3.84. The second-order valence-corrected chi connectivity index (χ2v) is 4.23. The largest absolute Gasteiger partial charge is 0.478 e. The second-order valence-electron chi connectivity index (χ2n) is 4.23.